The maximum absolute atomic E-state index is 3.97. The Balaban J connectivity index is 1.67. The molecule has 1 aromatic rings. The second-order valence-electron chi connectivity index (χ2n) is 5.98. The monoisotopic (exact) mass is 275 g/mol. The molecule has 1 fully saturated rings. The van der Waals surface area contributed by atoms with Gasteiger partial charge in [-0.15, -0.1) is 11.8 Å². The zero-order valence-corrected chi connectivity index (χ0v) is 12.7. The Hall–Kier alpha value is -0.470. The van der Waals surface area contributed by atoms with Crippen molar-refractivity contribution in [2.24, 2.45) is 5.92 Å². The van der Waals surface area contributed by atoms with E-state index in [0.717, 1.165) is 12.0 Å². The molecule has 2 aliphatic rings. The Morgan fingerprint density at radius 2 is 2.00 bits per heavy atom. The SMILES string of the molecule is CCC(NC1CSc2ccccc21)C1CCCCC1. The van der Waals surface area contributed by atoms with Crippen LogP contribution in [0.2, 0.25) is 0 Å². The predicted molar refractivity (Wildman–Crippen MR) is 83.7 cm³/mol. The van der Waals surface area contributed by atoms with Crippen LogP contribution in [0.4, 0.5) is 0 Å². The fraction of sp³-hybridized carbons (Fsp3) is 0.647. The van der Waals surface area contributed by atoms with Gasteiger partial charge in [-0.1, -0.05) is 44.4 Å². The summed E-state index contributed by atoms with van der Waals surface area (Å²) in [5.74, 6) is 2.12. The first-order chi connectivity index (χ1) is 9.38. The van der Waals surface area contributed by atoms with Gasteiger partial charge in [-0.2, -0.15) is 0 Å². The van der Waals surface area contributed by atoms with E-state index >= 15 is 0 Å². The van der Waals surface area contributed by atoms with Crippen LogP contribution in [-0.4, -0.2) is 11.8 Å². The highest BCUT2D eigenvalue weighted by Crippen LogP contribution is 2.39. The van der Waals surface area contributed by atoms with Gasteiger partial charge in [0.1, 0.15) is 0 Å². The van der Waals surface area contributed by atoms with Crippen LogP contribution in [0.25, 0.3) is 0 Å². The van der Waals surface area contributed by atoms with E-state index in [-0.39, 0.29) is 0 Å². The Morgan fingerprint density at radius 1 is 1.21 bits per heavy atom. The molecule has 2 unspecified atom stereocenters. The molecule has 1 heterocycles. The van der Waals surface area contributed by atoms with Gasteiger partial charge < -0.3 is 5.32 Å². The third-order valence-corrected chi connectivity index (χ3v) is 5.96. The number of nitrogens with one attached hydrogen (secondary N) is 1. The molecule has 104 valence electrons. The minimum absolute atomic E-state index is 0.577. The molecular weight excluding hydrogens is 250 g/mol. The van der Waals surface area contributed by atoms with Gasteiger partial charge in [0, 0.05) is 22.7 Å². The summed E-state index contributed by atoms with van der Waals surface area (Å²) < 4.78 is 0. The molecule has 19 heavy (non-hydrogen) atoms. The largest absolute Gasteiger partial charge is 0.306 e. The van der Waals surface area contributed by atoms with Crippen molar-refractivity contribution in [3.05, 3.63) is 29.8 Å². The quantitative estimate of drug-likeness (QED) is 0.848. The first-order valence-electron chi connectivity index (χ1n) is 7.86. The summed E-state index contributed by atoms with van der Waals surface area (Å²) in [6, 6.07) is 10.2. The van der Waals surface area contributed by atoms with Crippen LogP contribution < -0.4 is 5.32 Å². The summed E-state index contributed by atoms with van der Waals surface area (Å²) in [5, 5.41) is 3.97. The highest BCUT2D eigenvalue weighted by atomic mass is 32.2. The van der Waals surface area contributed by atoms with Crippen molar-refractivity contribution in [1.29, 1.82) is 0 Å². The van der Waals surface area contributed by atoms with Crippen molar-refractivity contribution in [2.45, 2.75) is 62.4 Å². The van der Waals surface area contributed by atoms with Crippen LogP contribution in [0.3, 0.4) is 0 Å². The number of rotatable bonds is 4. The Kier molecular flexibility index (Phi) is 4.49. The Labute approximate surface area is 121 Å². The Bertz CT molecular complexity index is 411. The van der Waals surface area contributed by atoms with E-state index in [0.29, 0.717) is 6.04 Å². The molecule has 0 aromatic heterocycles. The molecule has 2 atom stereocenters. The van der Waals surface area contributed by atoms with Crippen molar-refractivity contribution in [3.8, 4) is 0 Å². The zero-order valence-electron chi connectivity index (χ0n) is 11.9. The van der Waals surface area contributed by atoms with Crippen LogP contribution in [0, 0.1) is 5.92 Å². The molecule has 0 radical (unpaired) electrons. The fourth-order valence-corrected chi connectivity index (χ4v) is 4.86. The van der Waals surface area contributed by atoms with Crippen LogP contribution in [0.5, 0.6) is 0 Å². The lowest BCUT2D eigenvalue weighted by Crippen LogP contribution is -2.39. The average molecular weight is 275 g/mol. The van der Waals surface area contributed by atoms with E-state index in [1.807, 2.05) is 11.8 Å². The summed E-state index contributed by atoms with van der Waals surface area (Å²) in [7, 11) is 0. The molecule has 1 aliphatic carbocycles. The maximum atomic E-state index is 3.97. The van der Waals surface area contributed by atoms with Gasteiger partial charge in [0.15, 0.2) is 0 Å². The van der Waals surface area contributed by atoms with E-state index in [1.54, 1.807) is 0 Å². The van der Waals surface area contributed by atoms with Gasteiger partial charge in [-0.25, -0.2) is 0 Å². The van der Waals surface area contributed by atoms with Gasteiger partial charge in [0.05, 0.1) is 0 Å². The van der Waals surface area contributed by atoms with Gasteiger partial charge in [0.2, 0.25) is 0 Å². The number of hydrogen-bond acceptors (Lipinski definition) is 2. The van der Waals surface area contributed by atoms with E-state index in [4.69, 9.17) is 0 Å². The van der Waals surface area contributed by atoms with E-state index in [9.17, 15) is 0 Å². The van der Waals surface area contributed by atoms with Gasteiger partial charge in [-0.3, -0.25) is 0 Å². The third-order valence-electron chi connectivity index (χ3n) is 4.77. The minimum Gasteiger partial charge on any atom is -0.306 e. The van der Waals surface area contributed by atoms with Crippen LogP contribution in [0.1, 0.15) is 57.1 Å². The lowest BCUT2D eigenvalue weighted by molar-refractivity contribution is 0.250. The van der Waals surface area contributed by atoms with E-state index in [1.165, 1.54) is 54.7 Å². The maximum Gasteiger partial charge on any atom is 0.0428 e. The number of thioether (sulfide) groups is 1. The zero-order chi connectivity index (χ0) is 13.1. The smallest absolute Gasteiger partial charge is 0.0428 e. The second kappa shape index (κ2) is 6.32. The van der Waals surface area contributed by atoms with Crippen molar-refractivity contribution >= 4 is 11.8 Å². The number of fused-ring (bicyclic) bond motifs is 1. The lowest BCUT2D eigenvalue weighted by Gasteiger charge is -2.32. The highest BCUT2D eigenvalue weighted by molar-refractivity contribution is 7.99. The summed E-state index contributed by atoms with van der Waals surface area (Å²) in [6.45, 7) is 2.35. The number of hydrogen-bond donors (Lipinski definition) is 1. The molecule has 2 heteroatoms. The lowest BCUT2D eigenvalue weighted by atomic mass is 9.82. The third kappa shape index (κ3) is 3.00. The predicted octanol–water partition coefficient (Wildman–Crippen LogP) is 4.78. The minimum atomic E-state index is 0.577. The molecule has 0 amide bonds. The van der Waals surface area contributed by atoms with Crippen LogP contribution >= 0.6 is 11.8 Å². The molecule has 0 bridgehead atoms. The molecule has 1 aliphatic heterocycles. The topological polar surface area (TPSA) is 12.0 Å². The summed E-state index contributed by atoms with van der Waals surface area (Å²) in [4.78, 5) is 1.48. The molecule has 1 nitrogen and oxygen atoms in total. The Morgan fingerprint density at radius 3 is 2.79 bits per heavy atom. The summed E-state index contributed by atoms with van der Waals surface area (Å²) in [6.07, 6.45) is 8.49. The normalized spacial score (nSPS) is 25.2. The van der Waals surface area contributed by atoms with Crippen molar-refractivity contribution < 1.29 is 0 Å². The molecular formula is C17H25NS. The highest BCUT2D eigenvalue weighted by Gasteiger charge is 2.28. The number of benzene rings is 1. The fourth-order valence-electron chi connectivity index (χ4n) is 3.68. The molecule has 1 N–H and O–H groups in total. The van der Waals surface area contributed by atoms with Crippen LogP contribution in [-0.2, 0) is 0 Å². The van der Waals surface area contributed by atoms with E-state index in [2.05, 4.69) is 36.5 Å². The van der Waals surface area contributed by atoms with Crippen LogP contribution in [0.15, 0.2) is 29.2 Å². The first-order valence-corrected chi connectivity index (χ1v) is 8.85. The van der Waals surface area contributed by atoms with Gasteiger partial charge in [-0.05, 0) is 36.8 Å². The standard InChI is InChI=1S/C17H25NS/c1-2-15(13-8-4-3-5-9-13)18-16-12-19-17-11-7-6-10-14(16)17/h6-7,10-11,13,15-16,18H,2-5,8-9,12H2,1H3. The second-order valence-corrected chi connectivity index (χ2v) is 7.04. The molecule has 0 saturated heterocycles. The first kappa shape index (κ1) is 13.5. The average Bonchev–Trinajstić information content (AvgIpc) is 2.89. The van der Waals surface area contributed by atoms with Gasteiger partial charge >= 0.3 is 0 Å². The van der Waals surface area contributed by atoms with E-state index < -0.39 is 0 Å². The molecule has 1 aromatic carbocycles. The van der Waals surface area contributed by atoms with Gasteiger partial charge in [0.25, 0.3) is 0 Å². The molecule has 3 rings (SSSR count). The summed E-state index contributed by atoms with van der Waals surface area (Å²) in [5.41, 5.74) is 1.53. The molecule has 1 saturated carbocycles. The summed E-state index contributed by atoms with van der Waals surface area (Å²) >= 11 is 2.01. The van der Waals surface area contributed by atoms with Crippen molar-refractivity contribution in [1.82, 2.24) is 5.32 Å². The van der Waals surface area contributed by atoms with Crippen molar-refractivity contribution in [3.63, 3.8) is 0 Å². The van der Waals surface area contributed by atoms with Crippen molar-refractivity contribution in [2.75, 3.05) is 5.75 Å². The molecule has 0 spiro atoms.